The van der Waals surface area contributed by atoms with Crippen LogP contribution in [-0.2, 0) is 9.59 Å². The van der Waals surface area contributed by atoms with Crippen molar-refractivity contribution in [2.24, 2.45) is 0 Å². The molecule has 1 atom stereocenters. The van der Waals surface area contributed by atoms with Crippen molar-refractivity contribution in [2.45, 2.75) is 24.0 Å². The molecule has 48 heavy (non-hydrogen) atoms. The summed E-state index contributed by atoms with van der Waals surface area (Å²) in [5.74, 6) is -1.29. The Morgan fingerprint density at radius 1 is 0.771 bits per heavy atom. The molecule has 1 unspecified atom stereocenters. The molecular weight excluding hydrogens is 625 g/mol. The van der Waals surface area contributed by atoms with Crippen molar-refractivity contribution >= 4 is 52.6 Å². The zero-order valence-corrected chi connectivity index (χ0v) is 27.0. The highest BCUT2D eigenvalue weighted by atomic mass is 32.2. The Bertz CT molecular complexity index is 1980. The van der Waals surface area contributed by atoms with Crippen LogP contribution in [0.2, 0.25) is 0 Å². The summed E-state index contributed by atoms with van der Waals surface area (Å²) in [6.45, 7) is 3.91. The summed E-state index contributed by atoms with van der Waals surface area (Å²) in [4.78, 5) is 51.7. The van der Waals surface area contributed by atoms with Gasteiger partial charge in [-0.05, 0) is 90.7 Å². The number of carbonyl (C=O) groups is 3. The lowest BCUT2D eigenvalue weighted by molar-refractivity contribution is -0.384. The molecule has 5 rings (SSSR count). The fraction of sp³-hybridized carbons (Fsp3) is 0.0789. The van der Waals surface area contributed by atoms with E-state index in [9.17, 15) is 24.5 Å². The molecule has 0 aliphatic carbocycles. The van der Waals surface area contributed by atoms with E-state index >= 15 is 0 Å². The zero-order chi connectivity index (χ0) is 34.0. The first kappa shape index (κ1) is 33.4. The molecule has 10 heteroatoms. The Morgan fingerprint density at radius 2 is 1.46 bits per heavy atom. The van der Waals surface area contributed by atoms with E-state index < -0.39 is 22.0 Å². The molecule has 0 aromatic heterocycles. The molecule has 3 N–H and O–H groups in total. The van der Waals surface area contributed by atoms with Crippen LogP contribution in [0, 0.1) is 24.0 Å². The second-order valence-electron chi connectivity index (χ2n) is 10.9. The van der Waals surface area contributed by atoms with Crippen LogP contribution < -0.4 is 16.0 Å². The van der Waals surface area contributed by atoms with Gasteiger partial charge in [0.2, 0.25) is 5.91 Å². The summed E-state index contributed by atoms with van der Waals surface area (Å²) in [6, 6.07) is 36.5. The van der Waals surface area contributed by atoms with Crippen LogP contribution >= 0.6 is 11.8 Å². The Morgan fingerprint density at radius 3 is 2.15 bits per heavy atom. The maximum Gasteiger partial charge on any atom is 0.272 e. The van der Waals surface area contributed by atoms with Crippen LogP contribution in [0.1, 0.15) is 37.9 Å². The minimum Gasteiger partial charge on any atom is -0.325 e. The molecule has 240 valence electrons. The predicted molar refractivity (Wildman–Crippen MR) is 190 cm³/mol. The summed E-state index contributed by atoms with van der Waals surface area (Å²) in [6.07, 6.45) is 1.45. The molecule has 0 heterocycles. The number of hydrogen-bond donors (Lipinski definition) is 3. The molecule has 0 aliphatic rings. The Labute approximate surface area is 282 Å². The van der Waals surface area contributed by atoms with E-state index in [0.29, 0.717) is 16.8 Å². The molecule has 0 spiro atoms. The average molecular weight is 657 g/mol. The first-order valence-corrected chi connectivity index (χ1v) is 15.9. The Balaban J connectivity index is 1.39. The van der Waals surface area contributed by atoms with Crippen molar-refractivity contribution in [1.82, 2.24) is 5.32 Å². The third-order valence-electron chi connectivity index (χ3n) is 7.28. The molecule has 5 aromatic carbocycles. The first-order valence-electron chi connectivity index (χ1n) is 15.0. The Hall–Kier alpha value is -6.00. The summed E-state index contributed by atoms with van der Waals surface area (Å²) in [5.41, 5.74) is 4.65. The number of non-ortho nitro benzene ring substituents is 1. The fourth-order valence-electron chi connectivity index (χ4n) is 4.75. The van der Waals surface area contributed by atoms with Crippen molar-refractivity contribution in [3.05, 3.63) is 171 Å². The number of amides is 3. The molecule has 0 radical (unpaired) electrons. The molecule has 0 aliphatic heterocycles. The third kappa shape index (κ3) is 8.83. The lowest BCUT2D eigenvalue weighted by Gasteiger charge is -2.19. The lowest BCUT2D eigenvalue weighted by Crippen LogP contribution is -2.30. The smallest absolute Gasteiger partial charge is 0.272 e. The molecule has 9 nitrogen and oxygen atoms in total. The molecule has 0 saturated heterocycles. The van der Waals surface area contributed by atoms with Gasteiger partial charge in [-0.1, -0.05) is 66.7 Å². The van der Waals surface area contributed by atoms with E-state index in [1.165, 1.54) is 42.1 Å². The van der Waals surface area contributed by atoms with Crippen LogP contribution in [0.15, 0.2) is 138 Å². The quantitative estimate of drug-likeness (QED) is 0.0570. The zero-order valence-electron chi connectivity index (χ0n) is 26.2. The number of nitro groups is 1. The molecule has 0 bridgehead atoms. The number of nitro benzene ring substituents is 1. The van der Waals surface area contributed by atoms with Gasteiger partial charge < -0.3 is 16.0 Å². The van der Waals surface area contributed by atoms with E-state index in [0.717, 1.165) is 27.3 Å². The summed E-state index contributed by atoms with van der Waals surface area (Å²) < 4.78 is 0. The van der Waals surface area contributed by atoms with E-state index in [1.807, 2.05) is 68.4 Å². The third-order valence-corrected chi connectivity index (χ3v) is 8.53. The van der Waals surface area contributed by atoms with Crippen molar-refractivity contribution in [1.29, 1.82) is 0 Å². The van der Waals surface area contributed by atoms with Gasteiger partial charge in [0.1, 0.15) is 10.9 Å². The number of rotatable bonds is 11. The minimum atomic E-state index is -0.605. The average Bonchev–Trinajstić information content (AvgIpc) is 3.09. The summed E-state index contributed by atoms with van der Waals surface area (Å²) >= 11 is 1.34. The van der Waals surface area contributed by atoms with E-state index in [4.69, 9.17) is 0 Å². The van der Waals surface area contributed by atoms with Crippen LogP contribution in [0.4, 0.5) is 17.1 Å². The number of nitrogens with one attached hydrogen (secondary N) is 3. The van der Waals surface area contributed by atoms with Crippen LogP contribution in [0.3, 0.4) is 0 Å². The predicted octanol–water partition coefficient (Wildman–Crippen LogP) is 8.09. The molecular formula is C38H32N4O5S. The van der Waals surface area contributed by atoms with Crippen LogP contribution in [0.25, 0.3) is 6.08 Å². The summed E-state index contributed by atoms with van der Waals surface area (Å²) in [7, 11) is 0. The molecule has 0 fully saturated rings. The lowest BCUT2D eigenvalue weighted by atomic mass is 10.1. The first-order chi connectivity index (χ1) is 23.2. The van der Waals surface area contributed by atoms with Gasteiger partial charge in [0, 0.05) is 34.0 Å². The highest BCUT2D eigenvalue weighted by Gasteiger charge is 2.23. The summed E-state index contributed by atoms with van der Waals surface area (Å²) in [5, 5.41) is 19.1. The fourth-order valence-corrected chi connectivity index (χ4v) is 5.84. The maximum atomic E-state index is 13.7. The van der Waals surface area contributed by atoms with Crippen molar-refractivity contribution in [2.75, 3.05) is 10.6 Å². The van der Waals surface area contributed by atoms with Gasteiger partial charge in [-0.3, -0.25) is 24.5 Å². The van der Waals surface area contributed by atoms with Crippen molar-refractivity contribution in [3.63, 3.8) is 0 Å². The van der Waals surface area contributed by atoms with Crippen LogP contribution in [-0.4, -0.2) is 22.6 Å². The highest BCUT2D eigenvalue weighted by Crippen LogP contribution is 2.37. The second kappa shape index (κ2) is 15.5. The van der Waals surface area contributed by atoms with E-state index in [1.54, 1.807) is 48.5 Å². The van der Waals surface area contributed by atoms with Gasteiger partial charge in [0.15, 0.2) is 0 Å². The normalized spacial score (nSPS) is 11.7. The largest absolute Gasteiger partial charge is 0.325 e. The second-order valence-corrected chi connectivity index (χ2v) is 12.1. The number of nitrogens with zero attached hydrogens (tertiary/aromatic N) is 1. The maximum absolute atomic E-state index is 13.7. The number of anilines is 2. The van der Waals surface area contributed by atoms with Crippen molar-refractivity contribution in [3.8, 4) is 0 Å². The number of hydrogen-bond acceptors (Lipinski definition) is 6. The van der Waals surface area contributed by atoms with E-state index in [2.05, 4.69) is 16.0 Å². The topological polar surface area (TPSA) is 130 Å². The SMILES string of the molecule is Cc1ccc(C)c(NC(=O)C(Sc2cccc(NC(=O)/C(=C\c3ccc([N+](=O)[O-])cc3)NC(=O)c3ccccc3)c2)c2ccccc2)c1. The van der Waals surface area contributed by atoms with E-state index in [-0.39, 0.29) is 17.3 Å². The van der Waals surface area contributed by atoms with Gasteiger partial charge in [-0.15, -0.1) is 11.8 Å². The number of aryl methyl sites for hydroxylation is 2. The standard InChI is InChI=1S/C38H32N4O5S/c1-25-16-17-26(2)33(22-25)40-38(45)35(28-10-5-3-6-11-28)48-32-15-9-14-30(24-32)39-37(44)34(41-36(43)29-12-7-4-8-13-29)23-27-18-20-31(21-19-27)42(46)47/h3-24,35H,1-2H3,(H,39,44)(H,40,45)(H,41,43)/b34-23+. The molecule has 0 saturated carbocycles. The molecule has 5 aromatic rings. The minimum absolute atomic E-state index is 0.0640. The monoisotopic (exact) mass is 656 g/mol. The van der Waals surface area contributed by atoms with Crippen molar-refractivity contribution < 1.29 is 19.3 Å². The van der Waals surface area contributed by atoms with Gasteiger partial charge in [-0.2, -0.15) is 0 Å². The molecule has 3 amide bonds. The van der Waals surface area contributed by atoms with Gasteiger partial charge in [-0.25, -0.2) is 0 Å². The number of benzene rings is 5. The van der Waals surface area contributed by atoms with Gasteiger partial charge >= 0.3 is 0 Å². The highest BCUT2D eigenvalue weighted by molar-refractivity contribution is 8.00. The van der Waals surface area contributed by atoms with Crippen LogP contribution in [0.5, 0.6) is 0 Å². The number of thioether (sulfide) groups is 1. The Kier molecular flexibility index (Phi) is 10.8. The number of carbonyl (C=O) groups excluding carboxylic acids is 3. The van der Waals surface area contributed by atoms with Gasteiger partial charge in [0.25, 0.3) is 17.5 Å². The van der Waals surface area contributed by atoms with Gasteiger partial charge in [0.05, 0.1) is 4.92 Å².